The minimum atomic E-state index is -4.69. The number of alkyl halides is 3. The Morgan fingerprint density at radius 2 is 1.50 bits per heavy atom. The van der Waals surface area contributed by atoms with Crippen molar-refractivity contribution in [1.29, 1.82) is 0 Å². The van der Waals surface area contributed by atoms with Gasteiger partial charge in [-0.1, -0.05) is 18.2 Å². The molecule has 0 spiro atoms. The van der Waals surface area contributed by atoms with E-state index in [1.807, 2.05) is 18.2 Å². The first-order valence-electron chi connectivity index (χ1n) is 5.76. The Bertz CT molecular complexity index is 567. The van der Waals surface area contributed by atoms with Crippen LogP contribution in [0.1, 0.15) is 5.56 Å². The molecule has 20 heavy (non-hydrogen) atoms. The van der Waals surface area contributed by atoms with E-state index in [1.165, 1.54) is 24.3 Å². The van der Waals surface area contributed by atoms with Crippen molar-refractivity contribution in [3.63, 3.8) is 0 Å². The fraction of sp³-hybridized carbons (Fsp3) is 0.143. The molecule has 0 radical (unpaired) electrons. The summed E-state index contributed by atoms with van der Waals surface area (Å²) in [5, 5.41) is 0. The third-order valence-electron chi connectivity index (χ3n) is 2.51. The van der Waals surface area contributed by atoms with Gasteiger partial charge in [-0.05, 0) is 30.3 Å². The van der Waals surface area contributed by atoms with Crippen LogP contribution < -0.4 is 15.2 Å². The largest absolute Gasteiger partial charge is 0.573 e. The van der Waals surface area contributed by atoms with Gasteiger partial charge in [0, 0.05) is 11.3 Å². The van der Waals surface area contributed by atoms with Gasteiger partial charge >= 0.3 is 6.36 Å². The summed E-state index contributed by atoms with van der Waals surface area (Å²) in [5.41, 5.74) is 7.16. The first kappa shape index (κ1) is 14.0. The lowest BCUT2D eigenvalue weighted by Crippen LogP contribution is -2.16. The Labute approximate surface area is 113 Å². The van der Waals surface area contributed by atoms with Gasteiger partial charge in [-0.15, -0.1) is 13.2 Å². The Balaban J connectivity index is 1.96. The predicted octanol–water partition coefficient (Wildman–Crippen LogP) is 3.75. The lowest BCUT2D eigenvalue weighted by Gasteiger charge is -2.11. The topological polar surface area (TPSA) is 44.5 Å². The fourth-order valence-electron chi connectivity index (χ4n) is 1.56. The number of anilines is 1. The van der Waals surface area contributed by atoms with E-state index in [1.54, 1.807) is 6.07 Å². The summed E-state index contributed by atoms with van der Waals surface area (Å²) in [4.78, 5) is 0. The molecule has 0 unspecified atom stereocenters. The summed E-state index contributed by atoms with van der Waals surface area (Å²) in [7, 11) is 0. The smallest absolute Gasteiger partial charge is 0.489 e. The second kappa shape index (κ2) is 5.73. The number of nitrogen functional groups attached to an aromatic ring is 1. The van der Waals surface area contributed by atoms with Crippen LogP contribution in [0.5, 0.6) is 11.5 Å². The van der Waals surface area contributed by atoms with Crippen molar-refractivity contribution >= 4 is 5.69 Å². The number of para-hydroxylation sites is 1. The Kier molecular flexibility index (Phi) is 4.02. The van der Waals surface area contributed by atoms with Crippen molar-refractivity contribution in [2.75, 3.05) is 5.73 Å². The van der Waals surface area contributed by atoms with Gasteiger partial charge in [0.15, 0.2) is 0 Å². The second-order valence-corrected chi connectivity index (χ2v) is 4.01. The third-order valence-corrected chi connectivity index (χ3v) is 2.51. The zero-order chi connectivity index (χ0) is 14.6. The molecule has 0 aliphatic heterocycles. The second-order valence-electron chi connectivity index (χ2n) is 4.01. The summed E-state index contributed by atoms with van der Waals surface area (Å²) in [6, 6.07) is 12.4. The van der Waals surface area contributed by atoms with E-state index >= 15 is 0 Å². The van der Waals surface area contributed by atoms with E-state index in [4.69, 9.17) is 10.5 Å². The summed E-state index contributed by atoms with van der Waals surface area (Å²) >= 11 is 0. The minimum Gasteiger partial charge on any atom is -0.489 e. The molecule has 106 valence electrons. The van der Waals surface area contributed by atoms with Crippen molar-refractivity contribution in [1.82, 2.24) is 0 Å². The number of benzene rings is 2. The average Bonchev–Trinajstić information content (AvgIpc) is 2.38. The number of rotatable bonds is 4. The van der Waals surface area contributed by atoms with Crippen LogP contribution in [0.25, 0.3) is 0 Å². The van der Waals surface area contributed by atoms with Gasteiger partial charge < -0.3 is 15.2 Å². The summed E-state index contributed by atoms with van der Waals surface area (Å²) in [6.07, 6.45) is -4.69. The van der Waals surface area contributed by atoms with E-state index < -0.39 is 6.36 Å². The average molecular weight is 283 g/mol. The van der Waals surface area contributed by atoms with Gasteiger partial charge in [0.2, 0.25) is 0 Å². The zero-order valence-electron chi connectivity index (χ0n) is 10.4. The predicted molar refractivity (Wildman–Crippen MR) is 68.3 cm³/mol. The number of hydrogen-bond donors (Lipinski definition) is 1. The van der Waals surface area contributed by atoms with Crippen molar-refractivity contribution in [3.8, 4) is 11.5 Å². The van der Waals surface area contributed by atoms with E-state index in [2.05, 4.69) is 4.74 Å². The molecule has 0 heterocycles. The standard InChI is InChI=1S/C14H12F3NO2/c15-14(16,17)20-12-7-5-11(6-8-12)19-9-10-3-1-2-4-13(10)18/h1-8H,9,18H2. The molecule has 0 fully saturated rings. The number of ether oxygens (including phenoxy) is 2. The molecular weight excluding hydrogens is 271 g/mol. The highest BCUT2D eigenvalue weighted by molar-refractivity contribution is 5.46. The molecule has 0 amide bonds. The van der Waals surface area contributed by atoms with Gasteiger partial charge in [0.25, 0.3) is 0 Å². The molecule has 0 aliphatic carbocycles. The highest BCUT2D eigenvalue weighted by Gasteiger charge is 2.30. The molecular formula is C14H12F3NO2. The van der Waals surface area contributed by atoms with E-state index in [0.717, 1.165) is 5.56 Å². The zero-order valence-corrected chi connectivity index (χ0v) is 10.4. The fourth-order valence-corrected chi connectivity index (χ4v) is 1.56. The van der Waals surface area contributed by atoms with Crippen molar-refractivity contribution in [2.24, 2.45) is 0 Å². The Hall–Kier alpha value is -2.37. The minimum absolute atomic E-state index is 0.242. The molecule has 0 aromatic heterocycles. The Morgan fingerprint density at radius 1 is 0.900 bits per heavy atom. The molecule has 2 aromatic rings. The number of halogens is 3. The Morgan fingerprint density at radius 3 is 2.10 bits per heavy atom. The lowest BCUT2D eigenvalue weighted by molar-refractivity contribution is -0.274. The van der Waals surface area contributed by atoms with Crippen molar-refractivity contribution in [3.05, 3.63) is 54.1 Å². The first-order valence-corrected chi connectivity index (χ1v) is 5.76. The molecule has 0 atom stereocenters. The van der Waals surface area contributed by atoms with Crippen LogP contribution in [-0.4, -0.2) is 6.36 Å². The quantitative estimate of drug-likeness (QED) is 0.869. The van der Waals surface area contributed by atoms with E-state index in [9.17, 15) is 13.2 Å². The maximum Gasteiger partial charge on any atom is 0.573 e. The molecule has 0 saturated carbocycles. The van der Waals surface area contributed by atoms with Crippen LogP contribution in [0.15, 0.2) is 48.5 Å². The van der Waals surface area contributed by atoms with Crippen LogP contribution in [0.3, 0.4) is 0 Å². The lowest BCUT2D eigenvalue weighted by atomic mass is 10.2. The molecule has 0 bridgehead atoms. The maximum atomic E-state index is 12.0. The monoisotopic (exact) mass is 283 g/mol. The van der Waals surface area contributed by atoms with Crippen LogP contribution in [0, 0.1) is 0 Å². The van der Waals surface area contributed by atoms with Gasteiger partial charge in [0.05, 0.1) is 0 Å². The molecule has 2 aromatic carbocycles. The molecule has 0 aliphatic rings. The van der Waals surface area contributed by atoms with Gasteiger partial charge in [0.1, 0.15) is 18.1 Å². The van der Waals surface area contributed by atoms with E-state index in [-0.39, 0.29) is 12.4 Å². The highest BCUT2D eigenvalue weighted by Crippen LogP contribution is 2.25. The summed E-state index contributed by atoms with van der Waals surface area (Å²) in [5.74, 6) is 0.145. The normalized spacial score (nSPS) is 11.2. The van der Waals surface area contributed by atoms with Gasteiger partial charge in [-0.2, -0.15) is 0 Å². The maximum absolute atomic E-state index is 12.0. The molecule has 6 heteroatoms. The van der Waals surface area contributed by atoms with Gasteiger partial charge in [-0.3, -0.25) is 0 Å². The van der Waals surface area contributed by atoms with Crippen molar-refractivity contribution in [2.45, 2.75) is 13.0 Å². The summed E-state index contributed by atoms with van der Waals surface area (Å²) < 4.78 is 45.2. The number of nitrogens with two attached hydrogens (primary N) is 1. The van der Waals surface area contributed by atoms with Crippen LogP contribution in [0.2, 0.25) is 0 Å². The number of hydrogen-bond acceptors (Lipinski definition) is 3. The summed E-state index contributed by atoms with van der Waals surface area (Å²) in [6.45, 7) is 0.242. The van der Waals surface area contributed by atoms with Crippen LogP contribution in [0.4, 0.5) is 18.9 Å². The van der Waals surface area contributed by atoms with Gasteiger partial charge in [-0.25, -0.2) is 0 Å². The SMILES string of the molecule is Nc1ccccc1COc1ccc(OC(F)(F)F)cc1. The van der Waals surface area contributed by atoms with Crippen LogP contribution in [-0.2, 0) is 6.61 Å². The molecule has 0 saturated heterocycles. The molecule has 2 rings (SSSR count). The molecule has 2 N–H and O–H groups in total. The van der Waals surface area contributed by atoms with Crippen molar-refractivity contribution < 1.29 is 22.6 Å². The first-order chi connectivity index (χ1) is 9.44. The van der Waals surface area contributed by atoms with Crippen LogP contribution >= 0.6 is 0 Å². The molecule has 3 nitrogen and oxygen atoms in total. The van der Waals surface area contributed by atoms with E-state index in [0.29, 0.717) is 11.4 Å². The highest BCUT2D eigenvalue weighted by atomic mass is 19.4. The third kappa shape index (κ3) is 4.08.